The third-order valence-electron chi connectivity index (χ3n) is 4.53. The summed E-state index contributed by atoms with van der Waals surface area (Å²) in [6.45, 7) is 8.11. The lowest BCUT2D eigenvalue weighted by Gasteiger charge is -2.25. The van der Waals surface area contributed by atoms with Gasteiger partial charge in [0.15, 0.2) is 0 Å². The predicted octanol–water partition coefficient (Wildman–Crippen LogP) is 5.89. The number of benzene rings is 2. The molecule has 1 aliphatic rings. The molecule has 1 aliphatic heterocycles. The van der Waals surface area contributed by atoms with Gasteiger partial charge in [0.25, 0.3) is 5.91 Å². The molecule has 0 bridgehead atoms. The summed E-state index contributed by atoms with van der Waals surface area (Å²) in [6, 6.07) is 11.6. The summed E-state index contributed by atoms with van der Waals surface area (Å²) in [5, 5.41) is 7.33. The molecule has 3 atom stereocenters. The van der Waals surface area contributed by atoms with Crippen molar-refractivity contribution in [1.29, 1.82) is 0 Å². The van der Waals surface area contributed by atoms with E-state index in [4.69, 9.17) is 11.6 Å². The molecule has 4 nitrogen and oxygen atoms in total. The summed E-state index contributed by atoms with van der Waals surface area (Å²) < 4.78 is 13.3. The van der Waals surface area contributed by atoms with Crippen LogP contribution in [0.15, 0.2) is 71.1 Å². The van der Waals surface area contributed by atoms with Crippen molar-refractivity contribution in [2.75, 3.05) is 5.32 Å². The fraction of sp³-hybridized carbons (Fsp3) is 0.182. The Hall–Kier alpha value is -2.33. The van der Waals surface area contributed by atoms with Crippen LogP contribution >= 0.6 is 20.2 Å². The Morgan fingerprint density at radius 1 is 1.34 bits per heavy atom. The molecule has 0 radical (unpaired) electrons. The molecule has 29 heavy (non-hydrogen) atoms. The van der Waals surface area contributed by atoms with Crippen LogP contribution in [0.4, 0.5) is 10.1 Å². The van der Waals surface area contributed by atoms with Crippen LogP contribution in [-0.4, -0.2) is 17.9 Å². The van der Waals surface area contributed by atoms with Crippen molar-refractivity contribution in [3.05, 3.63) is 88.1 Å². The zero-order valence-corrected chi connectivity index (χ0v) is 17.9. The monoisotopic (exact) mass is 429 g/mol. The van der Waals surface area contributed by atoms with Gasteiger partial charge in [-0.2, -0.15) is 0 Å². The van der Waals surface area contributed by atoms with E-state index in [1.54, 1.807) is 0 Å². The SMILES string of the molecule is C=C1PC(NC(C)c2cccc(NC(=O)c3ccc(F)c(Cl)c3)c2)C=N/C1=C/C. The normalized spacial score (nSPS) is 19.5. The molecular weight excluding hydrogens is 408 g/mol. The fourth-order valence-corrected chi connectivity index (χ4v) is 4.35. The van der Waals surface area contributed by atoms with Crippen molar-refractivity contribution < 1.29 is 9.18 Å². The Labute approximate surface area is 176 Å². The van der Waals surface area contributed by atoms with Gasteiger partial charge < -0.3 is 5.32 Å². The fourth-order valence-electron chi connectivity index (χ4n) is 2.96. The Morgan fingerprint density at radius 3 is 2.83 bits per heavy atom. The highest BCUT2D eigenvalue weighted by molar-refractivity contribution is 7.45. The zero-order chi connectivity index (χ0) is 21.0. The minimum atomic E-state index is -0.554. The quantitative estimate of drug-likeness (QED) is 0.582. The molecule has 7 heteroatoms. The molecule has 0 spiro atoms. The van der Waals surface area contributed by atoms with Gasteiger partial charge in [-0.15, -0.1) is 0 Å². The van der Waals surface area contributed by atoms with Gasteiger partial charge in [0.05, 0.1) is 16.5 Å². The summed E-state index contributed by atoms with van der Waals surface area (Å²) in [7, 11) is 0.528. The van der Waals surface area contributed by atoms with E-state index in [1.807, 2.05) is 43.5 Å². The van der Waals surface area contributed by atoms with Crippen LogP contribution in [-0.2, 0) is 0 Å². The van der Waals surface area contributed by atoms with E-state index in [2.05, 4.69) is 29.1 Å². The molecule has 0 aromatic heterocycles. The first-order chi connectivity index (χ1) is 13.9. The van der Waals surface area contributed by atoms with Gasteiger partial charge in [0.2, 0.25) is 0 Å². The highest BCUT2D eigenvalue weighted by Crippen LogP contribution is 2.36. The van der Waals surface area contributed by atoms with Crippen LogP contribution in [0.25, 0.3) is 0 Å². The first-order valence-electron chi connectivity index (χ1n) is 9.16. The topological polar surface area (TPSA) is 53.5 Å². The van der Waals surface area contributed by atoms with Crippen LogP contribution in [0.2, 0.25) is 5.02 Å². The van der Waals surface area contributed by atoms with Gasteiger partial charge in [-0.05, 0) is 55.1 Å². The second-order valence-corrected chi connectivity index (χ2v) is 8.57. The maximum atomic E-state index is 13.3. The molecule has 0 saturated heterocycles. The average molecular weight is 430 g/mol. The second kappa shape index (κ2) is 9.45. The number of hydrogen-bond donors (Lipinski definition) is 2. The number of carbonyl (C=O) groups excluding carboxylic acids is 1. The molecule has 150 valence electrons. The van der Waals surface area contributed by atoms with E-state index in [-0.39, 0.29) is 22.8 Å². The molecular formula is C22H22ClFN3OP. The first kappa shape index (κ1) is 21.4. The van der Waals surface area contributed by atoms with Gasteiger partial charge in [-0.25, -0.2) is 4.39 Å². The summed E-state index contributed by atoms with van der Waals surface area (Å²) in [5.74, 6) is -0.775. The van der Waals surface area contributed by atoms with E-state index < -0.39 is 5.82 Å². The number of nitrogens with one attached hydrogen (secondary N) is 2. The highest BCUT2D eigenvalue weighted by atomic mass is 35.5. The van der Waals surface area contributed by atoms with Gasteiger partial charge in [-0.3, -0.25) is 15.1 Å². The Morgan fingerprint density at radius 2 is 2.14 bits per heavy atom. The molecule has 2 aromatic rings. The molecule has 0 fully saturated rings. The van der Waals surface area contributed by atoms with Crippen LogP contribution in [0, 0.1) is 5.82 Å². The maximum absolute atomic E-state index is 13.3. The third kappa shape index (κ3) is 5.39. The lowest BCUT2D eigenvalue weighted by atomic mass is 10.1. The summed E-state index contributed by atoms with van der Waals surface area (Å²) in [6.07, 6.45) is 3.88. The summed E-state index contributed by atoms with van der Waals surface area (Å²) in [4.78, 5) is 16.9. The minimum absolute atomic E-state index is 0.0519. The highest BCUT2D eigenvalue weighted by Gasteiger charge is 2.18. The van der Waals surface area contributed by atoms with Crippen molar-refractivity contribution in [3.63, 3.8) is 0 Å². The number of halogens is 2. The third-order valence-corrected chi connectivity index (χ3v) is 6.05. The molecule has 2 N–H and O–H groups in total. The van der Waals surface area contributed by atoms with Crippen LogP contribution < -0.4 is 10.6 Å². The number of rotatable bonds is 5. The van der Waals surface area contributed by atoms with E-state index in [0.29, 0.717) is 19.8 Å². The largest absolute Gasteiger partial charge is 0.322 e. The maximum Gasteiger partial charge on any atom is 0.255 e. The number of amides is 1. The lowest BCUT2D eigenvalue weighted by Crippen LogP contribution is -2.30. The van der Waals surface area contributed by atoms with E-state index >= 15 is 0 Å². The zero-order valence-electron chi connectivity index (χ0n) is 16.2. The minimum Gasteiger partial charge on any atom is -0.322 e. The van der Waals surface area contributed by atoms with Gasteiger partial charge in [0, 0.05) is 23.5 Å². The molecule has 2 aromatic carbocycles. The Bertz CT molecular complexity index is 1010. The number of anilines is 1. The lowest BCUT2D eigenvalue weighted by molar-refractivity contribution is 0.102. The number of carbonyl (C=O) groups is 1. The summed E-state index contributed by atoms with van der Waals surface area (Å²) >= 11 is 5.77. The van der Waals surface area contributed by atoms with Gasteiger partial charge in [0.1, 0.15) is 5.82 Å². The number of aliphatic imine (C=N–C) groups is 1. The average Bonchev–Trinajstić information content (AvgIpc) is 2.70. The predicted molar refractivity (Wildman–Crippen MR) is 121 cm³/mol. The van der Waals surface area contributed by atoms with Crippen molar-refractivity contribution in [2.24, 2.45) is 4.99 Å². The molecule has 3 unspecified atom stereocenters. The van der Waals surface area contributed by atoms with Crippen molar-refractivity contribution in [3.8, 4) is 0 Å². The standard InChI is InChI=1S/C22H22ClFN3OP/c1-4-20-14(3)29-21(12-25-20)26-13(2)15-6-5-7-17(10-15)27-22(28)16-8-9-19(24)18(23)11-16/h4-13,21,26,29H,3H2,1-2H3,(H,27,28)/b20-4+. The molecule has 1 heterocycles. The molecule has 0 aliphatic carbocycles. The molecule has 3 rings (SSSR count). The summed E-state index contributed by atoms with van der Waals surface area (Å²) in [5.41, 5.74) is 2.92. The van der Waals surface area contributed by atoms with Crippen LogP contribution in [0.5, 0.6) is 0 Å². The van der Waals surface area contributed by atoms with Crippen LogP contribution in [0.1, 0.15) is 35.8 Å². The molecule has 1 amide bonds. The smallest absolute Gasteiger partial charge is 0.255 e. The number of allylic oxidation sites excluding steroid dienone is 2. The van der Waals surface area contributed by atoms with Gasteiger partial charge >= 0.3 is 0 Å². The van der Waals surface area contributed by atoms with E-state index in [1.165, 1.54) is 18.2 Å². The first-order valence-corrected chi connectivity index (χ1v) is 10.6. The van der Waals surface area contributed by atoms with Crippen molar-refractivity contribution >= 4 is 38.0 Å². The Balaban J connectivity index is 1.68. The van der Waals surface area contributed by atoms with E-state index in [0.717, 1.165) is 16.6 Å². The van der Waals surface area contributed by atoms with Gasteiger partial charge in [-0.1, -0.05) is 45.0 Å². The number of nitrogens with zero attached hydrogens (tertiary/aromatic N) is 1. The number of hydrogen-bond acceptors (Lipinski definition) is 3. The van der Waals surface area contributed by atoms with Crippen LogP contribution in [0.3, 0.4) is 0 Å². The second-order valence-electron chi connectivity index (χ2n) is 6.65. The van der Waals surface area contributed by atoms with Crippen molar-refractivity contribution in [2.45, 2.75) is 25.7 Å². The van der Waals surface area contributed by atoms with Crippen molar-refractivity contribution in [1.82, 2.24) is 5.32 Å². The molecule has 0 saturated carbocycles. The van der Waals surface area contributed by atoms with E-state index in [9.17, 15) is 9.18 Å². The Kier molecular flexibility index (Phi) is 6.96.